The van der Waals surface area contributed by atoms with Crippen LogP contribution in [-0.2, 0) is 10.9 Å². The second-order valence-corrected chi connectivity index (χ2v) is 6.48. The van der Waals surface area contributed by atoms with Crippen molar-refractivity contribution in [1.29, 1.82) is 0 Å². The molecule has 30 heavy (non-hydrogen) atoms. The van der Waals surface area contributed by atoms with E-state index in [9.17, 15) is 22.8 Å². The summed E-state index contributed by atoms with van der Waals surface area (Å²) in [6.45, 7) is 1.43. The van der Waals surface area contributed by atoms with Crippen LogP contribution in [-0.4, -0.2) is 28.3 Å². The van der Waals surface area contributed by atoms with Gasteiger partial charge in [-0.25, -0.2) is 9.48 Å². The molecule has 0 fully saturated rings. The van der Waals surface area contributed by atoms with Crippen LogP contribution >= 0.6 is 11.6 Å². The summed E-state index contributed by atoms with van der Waals surface area (Å²) >= 11 is 5.79. The van der Waals surface area contributed by atoms with Crippen molar-refractivity contribution in [2.75, 3.05) is 11.9 Å². The highest BCUT2D eigenvalue weighted by atomic mass is 35.5. The fraction of sp³-hybridized carbons (Fsp3) is 0.150. The zero-order valence-electron chi connectivity index (χ0n) is 15.5. The number of nitrogens with one attached hydrogen (secondary N) is 1. The highest BCUT2D eigenvalue weighted by Crippen LogP contribution is 2.34. The number of rotatable bonds is 5. The van der Waals surface area contributed by atoms with E-state index >= 15 is 0 Å². The lowest BCUT2D eigenvalue weighted by Gasteiger charge is -2.13. The lowest BCUT2D eigenvalue weighted by Crippen LogP contribution is -2.18. The van der Waals surface area contributed by atoms with Crippen LogP contribution in [0.3, 0.4) is 0 Å². The minimum Gasteiger partial charge on any atom is -0.462 e. The molecule has 0 aliphatic rings. The summed E-state index contributed by atoms with van der Waals surface area (Å²) in [4.78, 5) is 24.1. The van der Waals surface area contributed by atoms with Crippen LogP contribution in [0.15, 0.2) is 54.7 Å². The van der Waals surface area contributed by atoms with Crippen molar-refractivity contribution in [2.24, 2.45) is 0 Å². The average Bonchev–Trinajstić information content (AvgIpc) is 3.15. The Kier molecular flexibility index (Phi) is 6.12. The molecule has 2 aromatic carbocycles. The van der Waals surface area contributed by atoms with Crippen LogP contribution in [0.1, 0.15) is 33.3 Å². The van der Waals surface area contributed by atoms with Crippen LogP contribution < -0.4 is 5.32 Å². The Labute approximate surface area is 174 Å². The first kappa shape index (κ1) is 21.4. The predicted molar refractivity (Wildman–Crippen MR) is 104 cm³/mol. The van der Waals surface area contributed by atoms with Crippen molar-refractivity contribution in [3.8, 4) is 5.69 Å². The van der Waals surface area contributed by atoms with Gasteiger partial charge in [0.15, 0.2) is 5.69 Å². The molecular formula is C20H15ClF3N3O3. The van der Waals surface area contributed by atoms with E-state index in [0.29, 0.717) is 21.0 Å². The smallest absolute Gasteiger partial charge is 0.434 e. The van der Waals surface area contributed by atoms with Gasteiger partial charge in [-0.15, -0.1) is 0 Å². The van der Waals surface area contributed by atoms with Crippen molar-refractivity contribution in [1.82, 2.24) is 9.78 Å². The number of amides is 1. The first-order valence-corrected chi connectivity index (χ1v) is 9.08. The number of hydrogen-bond acceptors (Lipinski definition) is 4. The van der Waals surface area contributed by atoms with Gasteiger partial charge in [-0.1, -0.05) is 11.6 Å². The molecule has 0 bridgehead atoms. The molecular weight excluding hydrogens is 423 g/mol. The predicted octanol–water partition coefficient (Wildman–Crippen LogP) is 4.97. The second-order valence-electron chi connectivity index (χ2n) is 6.04. The summed E-state index contributed by atoms with van der Waals surface area (Å²) < 4.78 is 46.0. The topological polar surface area (TPSA) is 73.2 Å². The van der Waals surface area contributed by atoms with Crippen molar-refractivity contribution in [2.45, 2.75) is 13.1 Å². The van der Waals surface area contributed by atoms with Crippen LogP contribution in [0.5, 0.6) is 0 Å². The third-order valence-electron chi connectivity index (χ3n) is 4.01. The first-order valence-electron chi connectivity index (χ1n) is 8.70. The normalized spacial score (nSPS) is 11.2. The maximum absolute atomic E-state index is 13.6. The van der Waals surface area contributed by atoms with Crippen molar-refractivity contribution < 1.29 is 27.5 Å². The number of carbonyl (C=O) groups is 2. The van der Waals surface area contributed by atoms with Gasteiger partial charge in [0.25, 0.3) is 5.91 Å². The summed E-state index contributed by atoms with van der Waals surface area (Å²) in [5.41, 5.74) is -1.12. The molecule has 10 heteroatoms. The van der Waals surface area contributed by atoms with E-state index in [1.165, 1.54) is 31.2 Å². The van der Waals surface area contributed by atoms with Crippen LogP contribution in [0, 0.1) is 0 Å². The van der Waals surface area contributed by atoms with Gasteiger partial charge in [-0.05, 0) is 55.5 Å². The number of carbonyl (C=O) groups excluding carboxylic acids is 2. The van der Waals surface area contributed by atoms with Gasteiger partial charge in [0, 0.05) is 16.3 Å². The summed E-state index contributed by atoms with van der Waals surface area (Å²) in [6, 6.07) is 11.8. The molecule has 0 radical (unpaired) electrons. The van der Waals surface area contributed by atoms with E-state index < -0.39 is 29.3 Å². The number of anilines is 1. The summed E-state index contributed by atoms with van der Waals surface area (Å²) in [5, 5.41) is 6.82. The fourth-order valence-corrected chi connectivity index (χ4v) is 2.79. The number of halogens is 4. The van der Waals surface area contributed by atoms with Crippen molar-refractivity contribution in [3.05, 3.63) is 76.6 Å². The zero-order chi connectivity index (χ0) is 21.9. The van der Waals surface area contributed by atoms with E-state index in [-0.39, 0.29) is 12.3 Å². The van der Waals surface area contributed by atoms with Crippen molar-refractivity contribution >= 4 is 29.2 Å². The van der Waals surface area contributed by atoms with E-state index in [1.807, 2.05) is 0 Å². The fourth-order valence-electron chi connectivity index (χ4n) is 2.67. The zero-order valence-corrected chi connectivity index (χ0v) is 16.3. The van der Waals surface area contributed by atoms with E-state index in [0.717, 1.165) is 6.20 Å². The van der Waals surface area contributed by atoms with Crippen LogP contribution in [0.4, 0.5) is 18.9 Å². The molecule has 1 N–H and O–H groups in total. The monoisotopic (exact) mass is 437 g/mol. The molecule has 1 aromatic heterocycles. The molecule has 0 atom stereocenters. The molecule has 3 rings (SSSR count). The van der Waals surface area contributed by atoms with Crippen LogP contribution in [0.25, 0.3) is 5.69 Å². The number of esters is 1. The molecule has 0 aliphatic heterocycles. The van der Waals surface area contributed by atoms with Gasteiger partial charge in [0.1, 0.15) is 5.56 Å². The Morgan fingerprint density at radius 3 is 2.30 bits per heavy atom. The standard InChI is InChI=1S/C20H15ClF3N3O3/c1-2-30-19(29)16-11-25-27(17(16)20(22,23)24)15-9-7-14(8-10-15)26-18(28)12-3-5-13(21)6-4-12/h3-11H,2H2,1H3,(H,26,28). The number of ether oxygens (including phenoxy) is 1. The Balaban J connectivity index is 1.86. The molecule has 3 aromatic rings. The minimum absolute atomic E-state index is 0.0577. The second kappa shape index (κ2) is 8.58. The molecule has 0 spiro atoms. The number of benzene rings is 2. The highest BCUT2D eigenvalue weighted by molar-refractivity contribution is 6.30. The lowest BCUT2D eigenvalue weighted by molar-refractivity contribution is -0.143. The number of aromatic nitrogens is 2. The Morgan fingerprint density at radius 1 is 1.10 bits per heavy atom. The van der Waals surface area contributed by atoms with Gasteiger partial charge in [-0.2, -0.15) is 18.3 Å². The Hall–Kier alpha value is -3.33. The van der Waals surface area contributed by atoms with Crippen molar-refractivity contribution in [3.63, 3.8) is 0 Å². The first-order chi connectivity index (χ1) is 14.2. The maximum atomic E-state index is 13.6. The van der Waals surface area contributed by atoms with Gasteiger partial charge < -0.3 is 10.1 Å². The minimum atomic E-state index is -4.83. The summed E-state index contributed by atoms with van der Waals surface area (Å²) in [6.07, 6.45) is -4.02. The lowest BCUT2D eigenvalue weighted by atomic mass is 10.2. The van der Waals surface area contributed by atoms with E-state index in [2.05, 4.69) is 15.2 Å². The van der Waals surface area contributed by atoms with E-state index in [4.69, 9.17) is 11.6 Å². The number of alkyl halides is 3. The molecule has 0 unspecified atom stereocenters. The molecule has 0 saturated carbocycles. The third kappa shape index (κ3) is 4.62. The maximum Gasteiger partial charge on any atom is 0.434 e. The average molecular weight is 438 g/mol. The molecule has 0 saturated heterocycles. The van der Waals surface area contributed by atoms with Gasteiger partial charge in [0.05, 0.1) is 18.5 Å². The largest absolute Gasteiger partial charge is 0.462 e. The van der Waals surface area contributed by atoms with Gasteiger partial charge in [-0.3, -0.25) is 4.79 Å². The molecule has 1 heterocycles. The number of hydrogen-bond donors (Lipinski definition) is 1. The van der Waals surface area contributed by atoms with Gasteiger partial charge in [0.2, 0.25) is 0 Å². The molecule has 156 valence electrons. The molecule has 0 aliphatic carbocycles. The Bertz CT molecular complexity index is 1060. The highest BCUT2D eigenvalue weighted by Gasteiger charge is 2.41. The van der Waals surface area contributed by atoms with Crippen LogP contribution in [0.2, 0.25) is 5.02 Å². The molecule has 1 amide bonds. The SMILES string of the molecule is CCOC(=O)c1cnn(-c2ccc(NC(=O)c3ccc(Cl)cc3)cc2)c1C(F)(F)F. The Morgan fingerprint density at radius 2 is 1.73 bits per heavy atom. The summed E-state index contributed by atoms with van der Waals surface area (Å²) in [7, 11) is 0. The van der Waals surface area contributed by atoms with Gasteiger partial charge >= 0.3 is 12.1 Å². The van der Waals surface area contributed by atoms with E-state index in [1.54, 1.807) is 24.3 Å². The molecule has 6 nitrogen and oxygen atoms in total. The summed E-state index contributed by atoms with van der Waals surface area (Å²) in [5.74, 6) is -1.51. The number of nitrogens with zero attached hydrogens (tertiary/aromatic N) is 2. The third-order valence-corrected chi connectivity index (χ3v) is 4.26. The quantitative estimate of drug-likeness (QED) is 0.572.